The number of anilines is 1. The number of hydrogen-bond acceptors (Lipinski definition) is 4. The fourth-order valence-corrected chi connectivity index (χ4v) is 3.25. The van der Waals surface area contributed by atoms with Crippen LogP contribution in [0.1, 0.15) is 24.8 Å². The molecule has 2 aliphatic carbocycles. The van der Waals surface area contributed by atoms with Crippen LogP contribution in [0.4, 0.5) is 5.69 Å². The number of carbonyl (C=O) groups is 1. The van der Waals surface area contributed by atoms with Gasteiger partial charge in [-0.05, 0) is 43.2 Å². The largest absolute Gasteiger partial charge is 0.495 e. The second-order valence-corrected chi connectivity index (χ2v) is 5.78. The summed E-state index contributed by atoms with van der Waals surface area (Å²) < 4.78 is 5.27. The molecule has 1 aromatic carbocycles. The first kappa shape index (κ1) is 13.7. The van der Waals surface area contributed by atoms with E-state index in [2.05, 4.69) is 10.5 Å². The predicted molar refractivity (Wildman–Crippen MR) is 78.5 cm³/mol. The first-order valence-corrected chi connectivity index (χ1v) is 7.09. The quantitative estimate of drug-likeness (QED) is 0.340. The van der Waals surface area contributed by atoms with Gasteiger partial charge in [-0.3, -0.25) is 4.79 Å². The van der Waals surface area contributed by atoms with Crippen molar-refractivity contribution >= 4 is 17.4 Å². The molecule has 0 saturated heterocycles. The second-order valence-electron chi connectivity index (χ2n) is 5.78. The molecule has 112 valence electrons. The molecule has 2 unspecified atom stereocenters. The number of hydrogen-bond donors (Lipinski definition) is 3. The van der Waals surface area contributed by atoms with Gasteiger partial charge in [-0.25, -0.2) is 0 Å². The summed E-state index contributed by atoms with van der Waals surface area (Å²) in [7, 11) is 1.52. The van der Waals surface area contributed by atoms with Gasteiger partial charge in [-0.15, -0.1) is 0 Å². The van der Waals surface area contributed by atoms with Gasteiger partial charge in [0.15, 0.2) is 5.84 Å². The van der Waals surface area contributed by atoms with Gasteiger partial charge in [0.1, 0.15) is 5.75 Å². The predicted octanol–water partition coefficient (Wildman–Crippen LogP) is 1.77. The number of oxime groups is 1. The maximum Gasteiger partial charge on any atom is 0.227 e. The summed E-state index contributed by atoms with van der Waals surface area (Å²) in [5.41, 5.74) is 6.58. The molecule has 6 heteroatoms. The van der Waals surface area contributed by atoms with Crippen molar-refractivity contribution in [1.29, 1.82) is 0 Å². The fourth-order valence-electron chi connectivity index (χ4n) is 3.25. The molecule has 21 heavy (non-hydrogen) atoms. The maximum absolute atomic E-state index is 12.4. The van der Waals surface area contributed by atoms with Crippen LogP contribution >= 0.6 is 0 Å². The summed E-state index contributed by atoms with van der Waals surface area (Å²) in [6, 6.07) is 5.14. The van der Waals surface area contributed by atoms with Crippen LogP contribution in [0.15, 0.2) is 23.4 Å². The van der Waals surface area contributed by atoms with Crippen molar-refractivity contribution < 1.29 is 14.7 Å². The maximum atomic E-state index is 12.4. The Hall–Kier alpha value is -2.24. The number of fused-ring (bicyclic) bond motifs is 1. The normalized spacial score (nSPS) is 27.1. The van der Waals surface area contributed by atoms with Gasteiger partial charge in [0.25, 0.3) is 0 Å². The van der Waals surface area contributed by atoms with Crippen LogP contribution in [-0.4, -0.2) is 24.1 Å². The number of amidine groups is 1. The number of rotatable bonds is 4. The Morgan fingerprint density at radius 2 is 2.10 bits per heavy atom. The van der Waals surface area contributed by atoms with Gasteiger partial charge in [0.05, 0.1) is 12.8 Å². The Morgan fingerprint density at radius 3 is 2.71 bits per heavy atom. The number of para-hydroxylation sites is 1. The highest BCUT2D eigenvalue weighted by atomic mass is 16.5. The molecule has 2 fully saturated rings. The summed E-state index contributed by atoms with van der Waals surface area (Å²) >= 11 is 0. The number of ether oxygens (including phenoxy) is 1. The molecule has 3 rings (SSSR count). The van der Waals surface area contributed by atoms with Crippen LogP contribution in [0.3, 0.4) is 0 Å². The molecule has 4 N–H and O–H groups in total. The zero-order valence-corrected chi connectivity index (χ0v) is 11.9. The Bertz CT molecular complexity index is 590. The van der Waals surface area contributed by atoms with Gasteiger partial charge in [0, 0.05) is 11.5 Å². The molecule has 6 nitrogen and oxygen atoms in total. The molecule has 0 spiro atoms. The average Bonchev–Trinajstić information content (AvgIpc) is 3.12. The van der Waals surface area contributed by atoms with Crippen molar-refractivity contribution in [3.8, 4) is 5.75 Å². The third-order valence-electron chi connectivity index (χ3n) is 4.49. The smallest absolute Gasteiger partial charge is 0.227 e. The lowest BCUT2D eigenvalue weighted by molar-refractivity contribution is -0.120. The molecule has 2 saturated carbocycles. The fraction of sp³-hybridized carbons (Fsp3) is 0.467. The van der Waals surface area contributed by atoms with Gasteiger partial charge >= 0.3 is 0 Å². The molecule has 1 aromatic rings. The minimum Gasteiger partial charge on any atom is -0.495 e. The third kappa shape index (κ3) is 2.53. The van der Waals surface area contributed by atoms with Gasteiger partial charge in [-0.2, -0.15) is 0 Å². The SMILES string of the molecule is COc1cccc(/C(N)=N/O)c1NC(=O)C1CC2CC2C1. The van der Waals surface area contributed by atoms with E-state index in [1.54, 1.807) is 18.2 Å². The molecule has 0 radical (unpaired) electrons. The Kier molecular flexibility index (Phi) is 3.45. The number of nitrogens with zero attached hydrogens (tertiary/aromatic N) is 1. The Balaban J connectivity index is 1.84. The molecule has 0 heterocycles. The van der Waals surface area contributed by atoms with Crippen LogP contribution in [0, 0.1) is 17.8 Å². The molecule has 1 amide bonds. The van der Waals surface area contributed by atoms with E-state index in [4.69, 9.17) is 15.7 Å². The number of nitrogens with one attached hydrogen (secondary N) is 1. The van der Waals surface area contributed by atoms with Crippen molar-refractivity contribution in [2.45, 2.75) is 19.3 Å². The van der Waals surface area contributed by atoms with E-state index in [1.165, 1.54) is 13.5 Å². The minimum absolute atomic E-state index is 0.0151. The van der Waals surface area contributed by atoms with E-state index < -0.39 is 0 Å². The highest BCUT2D eigenvalue weighted by Gasteiger charge is 2.48. The van der Waals surface area contributed by atoms with Crippen LogP contribution in [0.25, 0.3) is 0 Å². The monoisotopic (exact) mass is 289 g/mol. The highest BCUT2D eigenvalue weighted by Crippen LogP contribution is 2.54. The summed E-state index contributed by atoms with van der Waals surface area (Å²) in [5, 5.41) is 14.8. The van der Waals surface area contributed by atoms with E-state index in [1.807, 2.05) is 0 Å². The summed E-state index contributed by atoms with van der Waals surface area (Å²) in [6.07, 6.45) is 3.20. The standard InChI is InChI=1S/C15H19N3O3/c1-21-12-4-2-3-11(14(16)18-20)13(12)17-15(19)10-6-8-5-9(8)7-10/h2-4,8-10,20H,5-7H2,1H3,(H2,16,18)(H,17,19). The van der Waals surface area contributed by atoms with Crippen molar-refractivity contribution in [1.82, 2.24) is 0 Å². The van der Waals surface area contributed by atoms with Gasteiger partial charge in [-0.1, -0.05) is 11.2 Å². The lowest BCUT2D eigenvalue weighted by Crippen LogP contribution is -2.24. The van der Waals surface area contributed by atoms with E-state index in [9.17, 15) is 4.79 Å². The van der Waals surface area contributed by atoms with Crippen LogP contribution in [0.5, 0.6) is 5.75 Å². The van der Waals surface area contributed by atoms with Crippen molar-refractivity contribution in [3.63, 3.8) is 0 Å². The van der Waals surface area contributed by atoms with Crippen molar-refractivity contribution in [2.24, 2.45) is 28.6 Å². The summed E-state index contributed by atoms with van der Waals surface area (Å²) in [4.78, 5) is 12.4. The Labute approximate surface area is 123 Å². The van der Waals surface area contributed by atoms with E-state index >= 15 is 0 Å². The zero-order valence-electron chi connectivity index (χ0n) is 11.9. The van der Waals surface area contributed by atoms with Gasteiger partial charge < -0.3 is 21.0 Å². The topological polar surface area (TPSA) is 96.9 Å². The molecule has 2 atom stereocenters. The van der Waals surface area contributed by atoms with Crippen LogP contribution in [0.2, 0.25) is 0 Å². The van der Waals surface area contributed by atoms with Crippen LogP contribution < -0.4 is 15.8 Å². The van der Waals surface area contributed by atoms with Gasteiger partial charge in [0.2, 0.25) is 5.91 Å². The zero-order chi connectivity index (χ0) is 15.0. The first-order valence-electron chi connectivity index (χ1n) is 7.09. The summed E-state index contributed by atoms with van der Waals surface area (Å²) in [6.45, 7) is 0. The number of benzene rings is 1. The second kappa shape index (κ2) is 5.27. The molecule has 0 aromatic heterocycles. The molecular formula is C15H19N3O3. The number of methoxy groups -OCH3 is 1. The first-order chi connectivity index (χ1) is 10.1. The third-order valence-corrected chi connectivity index (χ3v) is 4.49. The molecule has 0 aliphatic heterocycles. The molecule has 2 aliphatic rings. The van der Waals surface area contributed by atoms with Crippen LogP contribution in [-0.2, 0) is 4.79 Å². The lowest BCUT2D eigenvalue weighted by Gasteiger charge is -2.17. The summed E-state index contributed by atoms with van der Waals surface area (Å²) in [5.74, 6) is 1.95. The average molecular weight is 289 g/mol. The number of nitrogens with two attached hydrogens (primary N) is 1. The molecule has 0 bridgehead atoms. The highest BCUT2D eigenvalue weighted by molar-refractivity contribution is 6.07. The van der Waals surface area contributed by atoms with Crippen molar-refractivity contribution in [2.75, 3.05) is 12.4 Å². The lowest BCUT2D eigenvalue weighted by atomic mass is 10.0. The number of carbonyl (C=O) groups excluding carboxylic acids is 1. The van der Waals surface area contributed by atoms with E-state index in [0.717, 1.165) is 24.7 Å². The Morgan fingerprint density at radius 1 is 1.38 bits per heavy atom. The number of amides is 1. The van der Waals surface area contributed by atoms with E-state index in [-0.39, 0.29) is 17.7 Å². The molecular weight excluding hydrogens is 270 g/mol. The van der Waals surface area contributed by atoms with E-state index in [0.29, 0.717) is 17.0 Å². The van der Waals surface area contributed by atoms with Crippen molar-refractivity contribution in [3.05, 3.63) is 23.8 Å². The minimum atomic E-state index is -0.0570.